The first-order valence-electron chi connectivity index (χ1n) is 5.83. The fourth-order valence-corrected chi connectivity index (χ4v) is 2.28. The van der Waals surface area contributed by atoms with E-state index in [2.05, 4.69) is 5.10 Å². The number of Topliss-reactive ketones (excluding diaryl/α,β-unsaturated/α-hetero) is 1. The van der Waals surface area contributed by atoms with Crippen LogP contribution in [-0.2, 0) is 7.05 Å². The fourth-order valence-electron chi connectivity index (χ4n) is 1.97. The Labute approximate surface area is 126 Å². The van der Waals surface area contributed by atoms with E-state index in [1.54, 1.807) is 43.0 Å². The minimum Gasteiger partial charge on any atom is -0.292 e. The Bertz CT molecular complexity index is 716. The Kier molecular flexibility index (Phi) is 4.12. The van der Waals surface area contributed by atoms with Crippen LogP contribution in [0.5, 0.6) is 0 Å². The van der Waals surface area contributed by atoms with Crippen LogP contribution in [0.25, 0.3) is 0 Å². The van der Waals surface area contributed by atoms with Crippen LogP contribution in [0.4, 0.5) is 0 Å². The molecule has 0 amide bonds. The minimum atomic E-state index is -0.923. The van der Waals surface area contributed by atoms with Crippen LogP contribution in [0.15, 0.2) is 24.4 Å². The van der Waals surface area contributed by atoms with Crippen molar-refractivity contribution in [1.29, 1.82) is 5.26 Å². The molecular weight excluding hydrogens is 297 g/mol. The zero-order valence-corrected chi connectivity index (χ0v) is 12.4. The molecule has 1 atom stereocenters. The molecule has 0 radical (unpaired) electrons. The summed E-state index contributed by atoms with van der Waals surface area (Å²) in [6, 6.07) is 6.76. The fraction of sp³-hybridized carbons (Fsp3) is 0.214. The molecule has 0 aliphatic carbocycles. The number of halogens is 2. The van der Waals surface area contributed by atoms with Gasteiger partial charge < -0.3 is 0 Å². The molecule has 2 rings (SSSR count). The van der Waals surface area contributed by atoms with Crippen LogP contribution in [0.3, 0.4) is 0 Å². The number of nitrogens with zero attached hydrogens (tertiary/aromatic N) is 3. The van der Waals surface area contributed by atoms with Gasteiger partial charge in [-0.2, -0.15) is 10.4 Å². The van der Waals surface area contributed by atoms with Crippen molar-refractivity contribution in [3.63, 3.8) is 0 Å². The molecule has 0 aliphatic heterocycles. The van der Waals surface area contributed by atoms with Gasteiger partial charge in [-0.05, 0) is 24.6 Å². The molecule has 1 aromatic carbocycles. The molecule has 1 aromatic heterocycles. The summed E-state index contributed by atoms with van der Waals surface area (Å²) < 4.78 is 1.55. The van der Waals surface area contributed by atoms with Crippen molar-refractivity contribution in [2.24, 2.45) is 7.05 Å². The second kappa shape index (κ2) is 5.66. The summed E-state index contributed by atoms with van der Waals surface area (Å²) in [5, 5.41) is 14.1. The molecule has 0 bridgehead atoms. The lowest BCUT2D eigenvalue weighted by atomic mass is 9.92. The third-order valence-corrected chi connectivity index (χ3v) is 3.69. The molecule has 2 aromatic rings. The third kappa shape index (κ3) is 2.69. The van der Waals surface area contributed by atoms with Crippen LogP contribution in [0.2, 0.25) is 10.0 Å². The summed E-state index contributed by atoms with van der Waals surface area (Å²) >= 11 is 11.8. The summed E-state index contributed by atoms with van der Waals surface area (Å²) in [4.78, 5) is 12.5. The molecule has 4 nitrogen and oxygen atoms in total. The van der Waals surface area contributed by atoms with Crippen LogP contribution < -0.4 is 0 Å². The standard InChI is InChI=1S/C14H11Cl2N3O/c1-8-11(7-19(2)18-8)14(20)10(6-17)9-3-4-12(15)13(16)5-9/h3-5,7,10H,1-2H3. The number of ketones is 1. The van der Waals surface area contributed by atoms with Gasteiger partial charge in [0.15, 0.2) is 5.78 Å². The molecule has 1 heterocycles. The number of rotatable bonds is 3. The lowest BCUT2D eigenvalue weighted by molar-refractivity contribution is 0.0978. The zero-order chi connectivity index (χ0) is 14.9. The SMILES string of the molecule is Cc1nn(C)cc1C(=O)C(C#N)c1ccc(Cl)c(Cl)c1. The molecule has 0 fully saturated rings. The average molecular weight is 308 g/mol. The van der Waals surface area contributed by atoms with E-state index in [1.807, 2.05) is 6.07 Å². The Morgan fingerprint density at radius 2 is 2.10 bits per heavy atom. The van der Waals surface area contributed by atoms with E-state index in [4.69, 9.17) is 23.2 Å². The maximum atomic E-state index is 12.5. The van der Waals surface area contributed by atoms with E-state index in [0.717, 1.165) is 0 Å². The Hall–Kier alpha value is -1.83. The van der Waals surface area contributed by atoms with Crippen molar-refractivity contribution in [3.8, 4) is 6.07 Å². The summed E-state index contributed by atoms with van der Waals surface area (Å²) in [6.45, 7) is 1.73. The quantitative estimate of drug-likeness (QED) is 0.815. The van der Waals surface area contributed by atoms with Gasteiger partial charge in [0.2, 0.25) is 0 Å². The topological polar surface area (TPSA) is 58.7 Å². The van der Waals surface area contributed by atoms with Gasteiger partial charge >= 0.3 is 0 Å². The number of aromatic nitrogens is 2. The molecule has 0 spiro atoms. The monoisotopic (exact) mass is 307 g/mol. The predicted molar refractivity (Wildman–Crippen MR) is 77.1 cm³/mol. The Morgan fingerprint density at radius 1 is 1.40 bits per heavy atom. The molecule has 0 aliphatic rings. The lowest BCUT2D eigenvalue weighted by Gasteiger charge is -2.09. The van der Waals surface area contributed by atoms with E-state index < -0.39 is 5.92 Å². The van der Waals surface area contributed by atoms with Gasteiger partial charge in [0.05, 0.1) is 27.4 Å². The number of carbonyl (C=O) groups is 1. The first-order valence-corrected chi connectivity index (χ1v) is 6.58. The average Bonchev–Trinajstić information content (AvgIpc) is 2.73. The number of hydrogen-bond donors (Lipinski definition) is 0. The number of benzene rings is 1. The van der Waals surface area contributed by atoms with Crippen molar-refractivity contribution in [1.82, 2.24) is 9.78 Å². The predicted octanol–water partition coefficient (Wildman–Crippen LogP) is 3.53. The van der Waals surface area contributed by atoms with Gasteiger partial charge in [-0.25, -0.2) is 0 Å². The second-order valence-corrected chi connectivity index (χ2v) is 5.22. The van der Waals surface area contributed by atoms with Crippen LogP contribution >= 0.6 is 23.2 Å². The third-order valence-electron chi connectivity index (χ3n) is 2.95. The number of hydrogen-bond acceptors (Lipinski definition) is 3. The van der Waals surface area contributed by atoms with E-state index in [-0.39, 0.29) is 5.78 Å². The highest BCUT2D eigenvalue weighted by Crippen LogP contribution is 2.28. The highest BCUT2D eigenvalue weighted by molar-refractivity contribution is 6.42. The van der Waals surface area contributed by atoms with E-state index >= 15 is 0 Å². The van der Waals surface area contributed by atoms with Crippen molar-refractivity contribution >= 4 is 29.0 Å². The van der Waals surface area contributed by atoms with E-state index in [0.29, 0.717) is 26.9 Å². The number of carbonyl (C=O) groups excluding carboxylic acids is 1. The molecule has 6 heteroatoms. The van der Waals surface area contributed by atoms with Crippen molar-refractivity contribution < 1.29 is 4.79 Å². The summed E-state index contributed by atoms with van der Waals surface area (Å²) in [7, 11) is 1.73. The highest BCUT2D eigenvalue weighted by Gasteiger charge is 2.25. The van der Waals surface area contributed by atoms with Gasteiger partial charge in [0.1, 0.15) is 5.92 Å². The normalized spacial score (nSPS) is 11.9. The molecule has 0 N–H and O–H groups in total. The number of aryl methyl sites for hydroxylation is 2. The number of nitriles is 1. The smallest absolute Gasteiger partial charge is 0.187 e. The maximum absolute atomic E-state index is 12.5. The molecule has 0 saturated heterocycles. The summed E-state index contributed by atoms with van der Waals surface area (Å²) in [6.07, 6.45) is 1.61. The molecule has 0 saturated carbocycles. The largest absolute Gasteiger partial charge is 0.292 e. The summed E-state index contributed by atoms with van der Waals surface area (Å²) in [5.41, 5.74) is 1.55. The van der Waals surface area contributed by atoms with Gasteiger partial charge in [-0.3, -0.25) is 9.48 Å². The van der Waals surface area contributed by atoms with E-state index in [1.165, 1.54) is 0 Å². The van der Waals surface area contributed by atoms with Gasteiger partial charge in [0, 0.05) is 13.2 Å². The highest BCUT2D eigenvalue weighted by atomic mass is 35.5. The first-order chi connectivity index (χ1) is 9.43. The van der Waals surface area contributed by atoms with Crippen molar-refractivity contribution in [3.05, 3.63) is 51.3 Å². The van der Waals surface area contributed by atoms with Crippen molar-refractivity contribution in [2.75, 3.05) is 0 Å². The van der Waals surface area contributed by atoms with Gasteiger partial charge in [0.25, 0.3) is 0 Å². The molecular formula is C14H11Cl2N3O. The first kappa shape index (κ1) is 14.6. The molecule has 1 unspecified atom stereocenters. The van der Waals surface area contributed by atoms with Crippen LogP contribution in [0.1, 0.15) is 27.5 Å². The van der Waals surface area contributed by atoms with Crippen LogP contribution in [-0.4, -0.2) is 15.6 Å². The summed E-state index contributed by atoms with van der Waals surface area (Å²) in [5.74, 6) is -1.22. The lowest BCUT2D eigenvalue weighted by Crippen LogP contribution is -2.11. The Balaban J connectivity index is 2.42. The second-order valence-electron chi connectivity index (χ2n) is 4.40. The molecule has 20 heavy (non-hydrogen) atoms. The molecule has 102 valence electrons. The van der Waals surface area contributed by atoms with Crippen LogP contribution in [0, 0.1) is 18.3 Å². The zero-order valence-electron chi connectivity index (χ0n) is 10.9. The van der Waals surface area contributed by atoms with Gasteiger partial charge in [-0.1, -0.05) is 29.3 Å². The van der Waals surface area contributed by atoms with Crippen molar-refractivity contribution in [2.45, 2.75) is 12.8 Å². The van der Waals surface area contributed by atoms with E-state index in [9.17, 15) is 10.1 Å². The Morgan fingerprint density at radius 3 is 2.60 bits per heavy atom. The maximum Gasteiger partial charge on any atom is 0.187 e. The minimum absolute atomic E-state index is 0.295. The van der Waals surface area contributed by atoms with Gasteiger partial charge in [-0.15, -0.1) is 0 Å².